The fourth-order valence-corrected chi connectivity index (χ4v) is 1.72. The van der Waals surface area contributed by atoms with Crippen LogP contribution in [0.25, 0.3) is 11.4 Å². The molecular weight excluding hydrogens is 275 g/mol. The molecule has 15 heavy (non-hydrogen) atoms. The smallest absolute Gasteiger partial charge is 0.160 e. The van der Waals surface area contributed by atoms with Crippen molar-refractivity contribution in [2.24, 2.45) is 0 Å². The molecule has 2 aromatic rings. The second-order valence-electron chi connectivity index (χ2n) is 3.17. The minimum absolute atomic E-state index is 0.455. The summed E-state index contributed by atoms with van der Waals surface area (Å²) >= 11 is 9.28. The van der Waals surface area contributed by atoms with Crippen LogP contribution in [-0.2, 0) is 0 Å². The molecule has 4 heteroatoms. The predicted octanol–water partition coefficient (Wildman–Crippen LogP) is 3.87. The van der Waals surface area contributed by atoms with Crippen molar-refractivity contribution in [3.05, 3.63) is 45.7 Å². The zero-order chi connectivity index (χ0) is 10.8. The van der Waals surface area contributed by atoms with Gasteiger partial charge < -0.3 is 0 Å². The Labute approximate surface area is 101 Å². The highest BCUT2D eigenvalue weighted by atomic mass is 79.9. The van der Waals surface area contributed by atoms with Gasteiger partial charge in [0.05, 0.1) is 0 Å². The number of halogens is 2. The summed E-state index contributed by atoms with van der Waals surface area (Å²) in [6.45, 7) is 2.03. The van der Waals surface area contributed by atoms with Crippen molar-refractivity contribution in [1.82, 2.24) is 9.97 Å². The van der Waals surface area contributed by atoms with Crippen LogP contribution in [-0.4, -0.2) is 9.97 Å². The molecule has 2 nitrogen and oxygen atoms in total. The number of hydrogen-bond donors (Lipinski definition) is 0. The molecule has 76 valence electrons. The van der Waals surface area contributed by atoms with Gasteiger partial charge in [-0.2, -0.15) is 0 Å². The molecule has 0 amide bonds. The molecule has 0 aliphatic heterocycles. The Morgan fingerprint density at radius 3 is 2.73 bits per heavy atom. The summed E-state index contributed by atoms with van der Waals surface area (Å²) in [6.07, 6.45) is 1.65. The van der Waals surface area contributed by atoms with Gasteiger partial charge in [-0.1, -0.05) is 39.7 Å². The first-order valence-corrected chi connectivity index (χ1v) is 5.59. The van der Waals surface area contributed by atoms with Crippen LogP contribution in [0.3, 0.4) is 0 Å². The van der Waals surface area contributed by atoms with Gasteiger partial charge in [0.2, 0.25) is 0 Å². The van der Waals surface area contributed by atoms with Crippen LogP contribution < -0.4 is 0 Å². The van der Waals surface area contributed by atoms with Gasteiger partial charge in [-0.25, -0.2) is 9.97 Å². The van der Waals surface area contributed by atoms with Crippen molar-refractivity contribution < 1.29 is 0 Å². The van der Waals surface area contributed by atoms with Gasteiger partial charge in [0.25, 0.3) is 0 Å². The molecule has 0 aliphatic rings. The van der Waals surface area contributed by atoms with Crippen LogP contribution >= 0.6 is 27.5 Å². The summed E-state index contributed by atoms with van der Waals surface area (Å²) < 4.78 is 1.04. The molecule has 0 spiro atoms. The Kier molecular flexibility index (Phi) is 3.03. The fourth-order valence-electron chi connectivity index (χ4n) is 1.21. The lowest BCUT2D eigenvalue weighted by Crippen LogP contribution is -1.88. The largest absolute Gasteiger partial charge is 0.236 e. The zero-order valence-electron chi connectivity index (χ0n) is 8.04. The maximum absolute atomic E-state index is 5.80. The quantitative estimate of drug-likeness (QED) is 0.743. The minimum atomic E-state index is 0.455. The molecule has 0 aliphatic carbocycles. The van der Waals surface area contributed by atoms with E-state index in [4.69, 9.17) is 11.6 Å². The first kappa shape index (κ1) is 10.6. The van der Waals surface area contributed by atoms with E-state index in [2.05, 4.69) is 25.9 Å². The molecule has 0 bridgehead atoms. The average Bonchev–Trinajstić information content (AvgIpc) is 2.22. The highest BCUT2D eigenvalue weighted by Gasteiger charge is 2.03. The Balaban J connectivity index is 2.50. The minimum Gasteiger partial charge on any atom is -0.236 e. The summed E-state index contributed by atoms with van der Waals surface area (Å²) in [5.41, 5.74) is 2.13. The lowest BCUT2D eigenvalue weighted by atomic mass is 10.1. The molecule has 0 saturated heterocycles. The van der Waals surface area contributed by atoms with Crippen molar-refractivity contribution >= 4 is 27.5 Å². The maximum atomic E-state index is 5.80. The number of nitrogens with zero attached hydrogens (tertiary/aromatic N) is 2. The molecular formula is C11H8BrClN2. The van der Waals surface area contributed by atoms with E-state index in [0.717, 1.165) is 10.0 Å². The lowest BCUT2D eigenvalue weighted by molar-refractivity contribution is 1.17. The molecule has 2 rings (SSSR count). The Morgan fingerprint density at radius 2 is 2.07 bits per heavy atom. The first-order chi connectivity index (χ1) is 7.16. The van der Waals surface area contributed by atoms with Crippen LogP contribution in [0, 0.1) is 6.92 Å². The number of rotatable bonds is 1. The van der Waals surface area contributed by atoms with E-state index in [1.54, 1.807) is 12.3 Å². The molecule has 1 aromatic carbocycles. The van der Waals surface area contributed by atoms with Crippen molar-refractivity contribution in [1.29, 1.82) is 0 Å². The number of benzene rings is 1. The summed E-state index contributed by atoms with van der Waals surface area (Å²) in [4.78, 5) is 8.31. The number of aryl methyl sites for hydroxylation is 1. The Morgan fingerprint density at radius 1 is 1.27 bits per heavy atom. The Hall–Kier alpha value is -0.930. The average molecular weight is 284 g/mol. The summed E-state index contributed by atoms with van der Waals surface area (Å²) in [7, 11) is 0. The van der Waals surface area contributed by atoms with Gasteiger partial charge in [0.1, 0.15) is 5.15 Å². The monoisotopic (exact) mass is 282 g/mol. The van der Waals surface area contributed by atoms with Crippen molar-refractivity contribution in [2.75, 3.05) is 0 Å². The molecule has 0 N–H and O–H groups in total. The summed E-state index contributed by atoms with van der Waals surface area (Å²) in [5, 5.41) is 0.455. The van der Waals surface area contributed by atoms with Gasteiger partial charge in [-0.05, 0) is 24.6 Å². The third-order valence-electron chi connectivity index (χ3n) is 2.05. The normalized spacial score (nSPS) is 10.3. The van der Waals surface area contributed by atoms with E-state index in [0.29, 0.717) is 11.0 Å². The van der Waals surface area contributed by atoms with Crippen LogP contribution in [0.15, 0.2) is 34.9 Å². The first-order valence-electron chi connectivity index (χ1n) is 4.42. The highest BCUT2D eigenvalue weighted by Crippen LogP contribution is 2.23. The van der Waals surface area contributed by atoms with Crippen molar-refractivity contribution in [3.8, 4) is 11.4 Å². The number of hydrogen-bond acceptors (Lipinski definition) is 2. The van der Waals surface area contributed by atoms with E-state index in [1.807, 2.05) is 25.1 Å². The van der Waals surface area contributed by atoms with E-state index in [1.165, 1.54) is 5.56 Å². The number of aromatic nitrogens is 2. The molecule has 1 aromatic heterocycles. The topological polar surface area (TPSA) is 25.8 Å². The fraction of sp³-hybridized carbons (Fsp3) is 0.0909. The Bertz CT molecular complexity index is 500. The lowest BCUT2D eigenvalue weighted by Gasteiger charge is -2.02. The van der Waals surface area contributed by atoms with Crippen molar-refractivity contribution in [2.45, 2.75) is 6.92 Å². The van der Waals surface area contributed by atoms with Crippen LogP contribution in [0.1, 0.15) is 5.56 Å². The van der Waals surface area contributed by atoms with Gasteiger partial charge in [-0.3, -0.25) is 0 Å². The van der Waals surface area contributed by atoms with E-state index >= 15 is 0 Å². The van der Waals surface area contributed by atoms with Gasteiger partial charge in [-0.15, -0.1) is 0 Å². The molecule has 0 fully saturated rings. The second kappa shape index (κ2) is 4.29. The summed E-state index contributed by atoms with van der Waals surface area (Å²) in [5.74, 6) is 0.642. The maximum Gasteiger partial charge on any atom is 0.160 e. The molecule has 1 heterocycles. The van der Waals surface area contributed by atoms with Gasteiger partial charge in [0, 0.05) is 16.2 Å². The molecule has 0 unspecified atom stereocenters. The molecule has 0 atom stereocenters. The standard InChI is InChI=1S/C11H8BrClN2/c1-7-2-3-8(6-9(7)12)11-14-5-4-10(13)15-11/h2-6H,1H3. The second-order valence-corrected chi connectivity index (χ2v) is 4.41. The third kappa shape index (κ3) is 2.36. The van der Waals surface area contributed by atoms with Crippen LogP contribution in [0.2, 0.25) is 5.15 Å². The zero-order valence-corrected chi connectivity index (χ0v) is 10.4. The highest BCUT2D eigenvalue weighted by molar-refractivity contribution is 9.10. The van der Waals surface area contributed by atoms with E-state index in [-0.39, 0.29) is 0 Å². The molecule has 0 radical (unpaired) electrons. The SMILES string of the molecule is Cc1ccc(-c2nccc(Cl)n2)cc1Br. The molecule has 0 saturated carbocycles. The van der Waals surface area contributed by atoms with Crippen molar-refractivity contribution in [3.63, 3.8) is 0 Å². The van der Waals surface area contributed by atoms with Crippen LogP contribution in [0.5, 0.6) is 0 Å². The third-order valence-corrected chi connectivity index (χ3v) is 3.12. The van der Waals surface area contributed by atoms with Gasteiger partial charge in [0.15, 0.2) is 5.82 Å². The summed E-state index contributed by atoms with van der Waals surface area (Å²) in [6, 6.07) is 7.64. The van der Waals surface area contributed by atoms with Crippen LogP contribution in [0.4, 0.5) is 0 Å². The predicted molar refractivity (Wildman–Crippen MR) is 64.9 cm³/mol. The van der Waals surface area contributed by atoms with E-state index in [9.17, 15) is 0 Å². The van der Waals surface area contributed by atoms with E-state index < -0.39 is 0 Å². The van der Waals surface area contributed by atoms with Gasteiger partial charge >= 0.3 is 0 Å².